The monoisotopic (exact) mass is 524 g/mol. The largest absolute Gasteiger partial charge is 0.481 e. The fourth-order valence-electron chi connectivity index (χ4n) is 5.44. The number of hydrogen-bond donors (Lipinski definition) is 2. The van der Waals surface area contributed by atoms with Gasteiger partial charge in [-0.15, -0.1) is 0 Å². The maximum absolute atomic E-state index is 12.6. The van der Waals surface area contributed by atoms with Crippen molar-refractivity contribution in [3.8, 4) is 11.3 Å². The summed E-state index contributed by atoms with van der Waals surface area (Å²) in [6, 6.07) is 15.4. The second kappa shape index (κ2) is 10.2. The first-order valence-corrected chi connectivity index (χ1v) is 12.8. The van der Waals surface area contributed by atoms with Crippen molar-refractivity contribution in [1.29, 1.82) is 0 Å². The van der Waals surface area contributed by atoms with E-state index in [4.69, 9.17) is 25.6 Å². The van der Waals surface area contributed by atoms with Gasteiger partial charge >= 0.3 is 12.1 Å². The molecular weight excluding hydrogens is 496 g/mol. The van der Waals surface area contributed by atoms with E-state index in [1.54, 1.807) is 13.0 Å². The van der Waals surface area contributed by atoms with Gasteiger partial charge in [0, 0.05) is 22.4 Å². The summed E-state index contributed by atoms with van der Waals surface area (Å²) in [7, 11) is 0. The first-order valence-electron chi connectivity index (χ1n) is 12.4. The lowest BCUT2D eigenvalue weighted by atomic mass is 9.62. The van der Waals surface area contributed by atoms with E-state index in [0.717, 1.165) is 42.4 Å². The number of amides is 1. The van der Waals surface area contributed by atoms with Gasteiger partial charge in [0.15, 0.2) is 5.76 Å². The normalized spacial score (nSPS) is 22.5. The number of nitrogens with one attached hydrogen (secondary N) is 1. The molecule has 9 heteroatoms. The Hall–Kier alpha value is -3.36. The molecule has 3 aliphatic rings. The van der Waals surface area contributed by atoms with Crippen LogP contribution in [0.1, 0.15) is 48.9 Å². The molecule has 2 bridgehead atoms. The molecule has 3 aromatic rings. The van der Waals surface area contributed by atoms with Gasteiger partial charge in [-0.1, -0.05) is 53.2 Å². The van der Waals surface area contributed by atoms with Gasteiger partial charge in [-0.25, -0.2) is 4.79 Å². The molecular formula is C28H29ClN2O6. The molecule has 2 saturated heterocycles. The summed E-state index contributed by atoms with van der Waals surface area (Å²) in [6.45, 7) is 2.42. The van der Waals surface area contributed by atoms with Crippen molar-refractivity contribution in [1.82, 2.24) is 5.16 Å². The number of benzene rings is 2. The molecule has 3 heterocycles. The maximum atomic E-state index is 12.6. The fraction of sp³-hybridized carbons (Fsp3) is 0.393. The zero-order valence-corrected chi connectivity index (χ0v) is 21.3. The van der Waals surface area contributed by atoms with E-state index in [1.165, 1.54) is 0 Å². The van der Waals surface area contributed by atoms with Crippen molar-refractivity contribution in [2.24, 2.45) is 0 Å². The summed E-state index contributed by atoms with van der Waals surface area (Å²) in [6.07, 6.45) is 3.11. The maximum Gasteiger partial charge on any atom is 0.411 e. The number of carboxylic acids is 1. The van der Waals surface area contributed by atoms with Crippen LogP contribution in [0.4, 0.5) is 10.5 Å². The molecule has 37 heavy (non-hydrogen) atoms. The first-order chi connectivity index (χ1) is 17.8. The van der Waals surface area contributed by atoms with Crippen LogP contribution < -0.4 is 5.32 Å². The van der Waals surface area contributed by atoms with Crippen molar-refractivity contribution < 1.29 is 28.7 Å². The van der Waals surface area contributed by atoms with Gasteiger partial charge in [0.2, 0.25) is 0 Å². The number of aromatic nitrogens is 1. The van der Waals surface area contributed by atoms with Crippen molar-refractivity contribution in [3.05, 3.63) is 70.4 Å². The lowest BCUT2D eigenvalue weighted by Gasteiger charge is -2.53. The third kappa shape index (κ3) is 5.22. The summed E-state index contributed by atoms with van der Waals surface area (Å²) in [5, 5.41) is 16.8. The highest BCUT2D eigenvalue weighted by atomic mass is 35.5. The minimum Gasteiger partial charge on any atom is -0.481 e. The number of rotatable bonds is 8. The minimum absolute atomic E-state index is 0.0456. The standard InChI is InChI=1S/C28H29ClN2O6/c1-18-24(30-26(34)35-14-9-19-5-2-3-8-22(19)29)25(37-31-18)20-6-4-7-21(15-20)27-10-12-28(13-11-27,36-17-27)16-23(32)33/h2-8,15H,9-14,16-17H2,1H3,(H,30,34)(H,32,33). The molecule has 194 valence electrons. The molecule has 2 N–H and O–H groups in total. The molecule has 1 saturated carbocycles. The Morgan fingerprint density at radius 1 is 1.14 bits per heavy atom. The van der Waals surface area contributed by atoms with E-state index in [-0.39, 0.29) is 18.4 Å². The summed E-state index contributed by atoms with van der Waals surface area (Å²) in [5.74, 6) is -0.369. The summed E-state index contributed by atoms with van der Waals surface area (Å²) in [4.78, 5) is 23.9. The number of anilines is 1. The highest BCUT2D eigenvalue weighted by molar-refractivity contribution is 6.31. The molecule has 2 aromatic carbocycles. The third-order valence-corrected chi connectivity index (χ3v) is 8.00. The SMILES string of the molecule is Cc1noc(-c2cccc(C34CCC(CC(=O)O)(CC3)OC4)c2)c1NC(=O)OCCc1ccccc1Cl. The zero-order chi connectivity index (χ0) is 26.0. The number of fused-ring (bicyclic) bond motifs is 3. The fourth-order valence-corrected chi connectivity index (χ4v) is 5.67. The van der Waals surface area contributed by atoms with E-state index in [0.29, 0.717) is 35.2 Å². The van der Waals surface area contributed by atoms with E-state index in [2.05, 4.69) is 16.5 Å². The Morgan fingerprint density at radius 2 is 1.92 bits per heavy atom. The van der Waals surface area contributed by atoms with Crippen LogP contribution in [-0.2, 0) is 26.1 Å². The number of hydrogen-bond acceptors (Lipinski definition) is 6. The van der Waals surface area contributed by atoms with Crippen molar-refractivity contribution >= 4 is 29.4 Å². The van der Waals surface area contributed by atoms with E-state index in [9.17, 15) is 14.7 Å². The first kappa shape index (κ1) is 25.3. The molecule has 1 amide bonds. The van der Waals surface area contributed by atoms with Gasteiger partial charge in [0.25, 0.3) is 0 Å². The average molecular weight is 525 g/mol. The van der Waals surface area contributed by atoms with Crippen LogP contribution in [-0.4, -0.2) is 41.1 Å². The van der Waals surface area contributed by atoms with Crippen LogP contribution >= 0.6 is 11.6 Å². The van der Waals surface area contributed by atoms with Crippen LogP contribution in [0, 0.1) is 6.92 Å². The van der Waals surface area contributed by atoms with E-state index in [1.807, 2.05) is 36.4 Å². The Morgan fingerprint density at radius 3 is 2.62 bits per heavy atom. The number of carbonyl (C=O) groups is 2. The van der Waals surface area contributed by atoms with Crippen LogP contribution in [0.3, 0.4) is 0 Å². The molecule has 1 aliphatic carbocycles. The highest BCUT2D eigenvalue weighted by Crippen LogP contribution is 2.52. The molecule has 0 unspecified atom stereocenters. The zero-order valence-electron chi connectivity index (χ0n) is 20.6. The van der Waals surface area contributed by atoms with E-state index >= 15 is 0 Å². The lowest BCUT2D eigenvalue weighted by molar-refractivity contribution is -0.174. The molecule has 0 spiro atoms. The molecule has 0 atom stereocenters. The summed E-state index contributed by atoms with van der Waals surface area (Å²) in [5.41, 5.74) is 3.08. The third-order valence-electron chi connectivity index (χ3n) is 7.64. The molecule has 6 rings (SSSR count). The molecule has 8 nitrogen and oxygen atoms in total. The Bertz CT molecular complexity index is 1290. The Balaban J connectivity index is 1.28. The smallest absolute Gasteiger partial charge is 0.411 e. The highest BCUT2D eigenvalue weighted by Gasteiger charge is 2.51. The molecule has 0 radical (unpaired) electrons. The van der Waals surface area contributed by atoms with Crippen molar-refractivity contribution in [2.75, 3.05) is 18.5 Å². The number of ether oxygens (including phenoxy) is 2. The van der Waals surface area contributed by atoms with Gasteiger partial charge in [0.1, 0.15) is 11.4 Å². The van der Waals surface area contributed by atoms with E-state index < -0.39 is 17.7 Å². The topological polar surface area (TPSA) is 111 Å². The number of halogens is 1. The lowest BCUT2D eigenvalue weighted by Crippen LogP contribution is -2.54. The number of aliphatic carboxylic acids is 1. The van der Waals surface area contributed by atoms with Crippen LogP contribution in [0.15, 0.2) is 53.1 Å². The summed E-state index contributed by atoms with van der Waals surface area (Å²) >= 11 is 6.17. The van der Waals surface area contributed by atoms with Gasteiger partial charge < -0.3 is 19.1 Å². The quantitative estimate of drug-likeness (QED) is 0.363. The van der Waals surface area contributed by atoms with Crippen LogP contribution in [0.5, 0.6) is 0 Å². The van der Waals surface area contributed by atoms with Crippen molar-refractivity contribution in [3.63, 3.8) is 0 Å². The number of nitrogens with zero attached hydrogens (tertiary/aromatic N) is 1. The molecule has 1 aromatic heterocycles. The number of carboxylic acid groups (broad SMARTS) is 1. The Kier molecular flexibility index (Phi) is 6.96. The Labute approximate surface area is 219 Å². The predicted molar refractivity (Wildman–Crippen MR) is 138 cm³/mol. The summed E-state index contributed by atoms with van der Waals surface area (Å²) < 4.78 is 17.1. The van der Waals surface area contributed by atoms with Gasteiger partial charge in [-0.2, -0.15) is 0 Å². The molecule has 3 fully saturated rings. The van der Waals surface area contributed by atoms with Gasteiger partial charge in [-0.05, 0) is 55.9 Å². The van der Waals surface area contributed by atoms with Crippen molar-refractivity contribution in [2.45, 2.75) is 56.5 Å². The van der Waals surface area contributed by atoms with Crippen LogP contribution in [0.25, 0.3) is 11.3 Å². The van der Waals surface area contributed by atoms with Gasteiger partial charge in [0.05, 0.1) is 25.2 Å². The second-order valence-electron chi connectivity index (χ2n) is 9.98. The second-order valence-corrected chi connectivity index (χ2v) is 10.4. The number of aryl methyl sites for hydroxylation is 1. The average Bonchev–Trinajstić information content (AvgIpc) is 3.25. The number of carbonyl (C=O) groups excluding carboxylic acids is 1. The minimum atomic E-state index is -0.820. The molecule has 2 aliphatic heterocycles. The van der Waals surface area contributed by atoms with Gasteiger partial charge in [-0.3, -0.25) is 10.1 Å². The predicted octanol–water partition coefficient (Wildman–Crippen LogP) is 6.15. The van der Waals surface area contributed by atoms with Crippen LogP contribution in [0.2, 0.25) is 5.02 Å².